The van der Waals surface area contributed by atoms with Crippen LogP contribution in [0, 0.1) is 0 Å². The third-order valence-corrected chi connectivity index (χ3v) is 14.5. The number of ether oxygens (including phenoxy) is 2. The fourth-order valence-corrected chi connectivity index (χ4v) is 11.4. The molecule has 0 radical (unpaired) electrons. The van der Waals surface area contributed by atoms with Gasteiger partial charge in [0.05, 0.1) is 0 Å². The molecule has 3 aliphatic rings. The molecule has 65 heavy (non-hydrogen) atoms. The Morgan fingerprint density at radius 3 is 1.92 bits per heavy atom. The molecule has 3 aliphatic heterocycles. The van der Waals surface area contributed by atoms with Crippen molar-refractivity contribution in [3.8, 4) is 0 Å². The van der Waals surface area contributed by atoms with Gasteiger partial charge in [-0.05, 0) is 33.9 Å². The number of carbonyl (C=O) groups is 4. The highest BCUT2D eigenvalue weighted by Crippen LogP contribution is 2.45. The summed E-state index contributed by atoms with van der Waals surface area (Å²) in [6.07, 6.45) is 0.931. The molecule has 0 aliphatic carbocycles. The Morgan fingerprint density at radius 1 is 0.846 bits per heavy atom. The number of benzene rings is 5. The number of hydrogen-bond acceptors (Lipinski definition) is 13. The van der Waals surface area contributed by atoms with Crippen LogP contribution in [0.5, 0.6) is 0 Å². The highest BCUT2D eigenvalue weighted by atomic mass is 32.2. The van der Waals surface area contributed by atoms with Gasteiger partial charge in [-0.2, -0.15) is 0 Å². The number of thioether (sulfide) groups is 2. The number of carbonyl (C=O) groups excluding carboxylic acids is 4. The smallest absolute Gasteiger partial charge is 0.356 e. The zero-order chi connectivity index (χ0) is 44.8. The summed E-state index contributed by atoms with van der Waals surface area (Å²) in [6, 6.07) is 47.9. The number of rotatable bonds is 16. The van der Waals surface area contributed by atoms with Crippen LogP contribution in [0.15, 0.2) is 184 Å². The molecule has 9 rings (SSSR count). The maximum atomic E-state index is 14.5. The number of thiazole rings is 1. The summed E-state index contributed by atoms with van der Waals surface area (Å²) in [7, 11) is 1.33. The molecule has 6 aromatic rings. The van der Waals surface area contributed by atoms with Crippen LogP contribution in [0.3, 0.4) is 0 Å². The van der Waals surface area contributed by atoms with Gasteiger partial charge in [-0.3, -0.25) is 14.5 Å². The van der Waals surface area contributed by atoms with E-state index in [-0.39, 0.29) is 29.5 Å². The van der Waals surface area contributed by atoms with E-state index in [0.717, 1.165) is 27.8 Å². The van der Waals surface area contributed by atoms with E-state index in [1.54, 1.807) is 11.5 Å². The Bertz CT molecular complexity index is 2650. The summed E-state index contributed by atoms with van der Waals surface area (Å²) >= 11 is 3.97. The van der Waals surface area contributed by atoms with Crippen molar-refractivity contribution in [1.82, 2.24) is 15.2 Å². The van der Waals surface area contributed by atoms with Crippen LogP contribution in [-0.4, -0.2) is 76.0 Å². The maximum Gasteiger partial charge on any atom is 0.356 e. The van der Waals surface area contributed by atoms with Gasteiger partial charge in [0.1, 0.15) is 42.1 Å². The van der Waals surface area contributed by atoms with E-state index in [9.17, 15) is 19.2 Å². The first-order valence-electron chi connectivity index (χ1n) is 20.7. The molecule has 2 N–H and O–H groups in total. The van der Waals surface area contributed by atoms with E-state index in [0.29, 0.717) is 21.4 Å². The van der Waals surface area contributed by atoms with Gasteiger partial charge in [-0.1, -0.05) is 157 Å². The standard InChI is InChI=1S/C50H41N5O7S3/c1-60-54-40(38-30-65-49(51-38)53-50(35-21-11-4-12-22-35,36-23-13-5-14-24-36)37-25-15-6-16-26-37)44(56)52-41-45(57)55-42(39(31-64-46(41)55)63-29-34-27-28-61-47(34)58)48(59)62-43(32-17-7-2-8-18-32)33-19-9-3-10-20-33/h2-27,30,41,43,46H,28-29,31H2,1H3,(H,51,53)(H,52,56)/t41-,46+/m1/s1. The lowest BCUT2D eigenvalue weighted by Gasteiger charge is -2.49. The van der Waals surface area contributed by atoms with Gasteiger partial charge in [-0.15, -0.1) is 34.9 Å². The van der Waals surface area contributed by atoms with Crippen molar-refractivity contribution in [2.45, 2.75) is 23.1 Å². The van der Waals surface area contributed by atoms with E-state index < -0.39 is 46.8 Å². The molecule has 1 saturated heterocycles. The van der Waals surface area contributed by atoms with E-state index in [1.807, 2.05) is 115 Å². The Kier molecular flexibility index (Phi) is 13.0. The second-order valence-electron chi connectivity index (χ2n) is 15.0. The highest BCUT2D eigenvalue weighted by Gasteiger charge is 2.55. The number of anilines is 1. The normalized spacial score (nSPS) is 17.2. The Morgan fingerprint density at radius 2 is 1.40 bits per heavy atom. The first kappa shape index (κ1) is 43.3. The number of esters is 2. The zero-order valence-electron chi connectivity index (χ0n) is 34.9. The molecule has 15 heteroatoms. The quantitative estimate of drug-likeness (QED) is 0.0320. The van der Waals surface area contributed by atoms with E-state index in [2.05, 4.69) is 52.2 Å². The van der Waals surface area contributed by atoms with Crippen LogP contribution in [-0.2, 0) is 39.0 Å². The predicted molar refractivity (Wildman–Crippen MR) is 253 cm³/mol. The number of cyclic esters (lactones) is 1. The summed E-state index contributed by atoms with van der Waals surface area (Å²) in [6.45, 7) is 0.185. The molecule has 0 saturated carbocycles. The average molecular weight is 920 g/mol. The van der Waals surface area contributed by atoms with Crippen LogP contribution in [0.2, 0.25) is 0 Å². The van der Waals surface area contributed by atoms with Gasteiger partial charge in [0.15, 0.2) is 16.9 Å². The van der Waals surface area contributed by atoms with Crippen molar-refractivity contribution >= 4 is 69.5 Å². The number of nitrogens with one attached hydrogen (secondary N) is 2. The zero-order valence-corrected chi connectivity index (χ0v) is 37.3. The van der Waals surface area contributed by atoms with Gasteiger partial charge in [-0.25, -0.2) is 14.6 Å². The molecule has 0 spiro atoms. The molecular formula is C50H41N5O7S3. The lowest BCUT2D eigenvalue weighted by Crippen LogP contribution is -2.71. The van der Waals surface area contributed by atoms with Crippen LogP contribution in [0.1, 0.15) is 39.6 Å². The number of aromatic nitrogens is 1. The lowest BCUT2D eigenvalue weighted by atomic mass is 9.77. The lowest BCUT2D eigenvalue weighted by molar-refractivity contribution is -0.154. The minimum atomic E-state index is -1.02. The first-order valence-corrected chi connectivity index (χ1v) is 23.6. The number of fused-ring (bicyclic) bond motifs is 1. The van der Waals surface area contributed by atoms with Crippen LogP contribution in [0.4, 0.5) is 5.13 Å². The first-order chi connectivity index (χ1) is 31.9. The van der Waals surface area contributed by atoms with Gasteiger partial charge in [0, 0.05) is 27.4 Å². The van der Waals surface area contributed by atoms with E-state index >= 15 is 0 Å². The van der Waals surface area contributed by atoms with Gasteiger partial charge in [0.25, 0.3) is 11.8 Å². The van der Waals surface area contributed by atoms with Crippen molar-refractivity contribution in [2.75, 3.05) is 30.5 Å². The molecule has 5 aromatic carbocycles. The molecule has 12 nitrogen and oxygen atoms in total. The summed E-state index contributed by atoms with van der Waals surface area (Å²) in [4.78, 5) is 67.3. The van der Waals surface area contributed by atoms with Crippen LogP contribution in [0.25, 0.3) is 0 Å². The fourth-order valence-electron chi connectivity index (χ4n) is 8.00. The molecule has 1 aromatic heterocycles. The second-order valence-corrected chi connectivity index (χ2v) is 18.0. The molecular weight excluding hydrogens is 879 g/mol. The average Bonchev–Trinajstić information content (AvgIpc) is 4.01. The highest BCUT2D eigenvalue weighted by molar-refractivity contribution is 8.06. The van der Waals surface area contributed by atoms with Crippen molar-refractivity contribution in [2.24, 2.45) is 5.16 Å². The van der Waals surface area contributed by atoms with E-state index in [4.69, 9.17) is 19.3 Å². The van der Waals surface area contributed by atoms with E-state index in [1.165, 1.54) is 46.9 Å². The van der Waals surface area contributed by atoms with Crippen molar-refractivity contribution in [3.05, 3.63) is 213 Å². The third-order valence-electron chi connectivity index (χ3n) is 11.1. The van der Waals surface area contributed by atoms with Crippen LogP contribution >= 0.6 is 34.9 Å². The minimum absolute atomic E-state index is 0.0674. The van der Waals surface area contributed by atoms with Crippen LogP contribution < -0.4 is 10.6 Å². The van der Waals surface area contributed by atoms with Crippen molar-refractivity contribution < 1.29 is 33.5 Å². The Balaban J connectivity index is 0.980. The fraction of sp³-hybridized carbons (Fsp3) is 0.160. The summed E-state index contributed by atoms with van der Waals surface area (Å²) in [5.74, 6) is -1.77. The molecule has 2 atom stereocenters. The SMILES string of the molecule is CON=C(C(=O)N[C@@H]1C(=O)N2C(C(=O)OC(c3ccccc3)c3ccccc3)=C(SCC3=CCOC3=O)CS[C@@H]12)c1csc(NC(c2ccccc2)(c2ccccc2)c2ccccc2)n1. The molecule has 0 bridgehead atoms. The van der Waals surface area contributed by atoms with Crippen molar-refractivity contribution in [3.63, 3.8) is 0 Å². The van der Waals surface area contributed by atoms with Gasteiger partial charge in [0.2, 0.25) is 0 Å². The third kappa shape index (κ3) is 8.82. The number of hydrogen-bond donors (Lipinski definition) is 2. The number of nitrogens with zero attached hydrogens (tertiary/aromatic N) is 3. The molecule has 2 amide bonds. The van der Waals surface area contributed by atoms with Crippen molar-refractivity contribution in [1.29, 1.82) is 0 Å². The summed E-state index contributed by atoms with van der Waals surface area (Å²) in [5, 5.41) is 12.2. The summed E-state index contributed by atoms with van der Waals surface area (Å²) in [5.41, 5.74) is 4.19. The molecule has 326 valence electrons. The Hall–Kier alpha value is -6.94. The number of oxime groups is 1. The number of amides is 2. The monoisotopic (exact) mass is 919 g/mol. The Labute approximate surface area is 387 Å². The molecule has 0 unspecified atom stereocenters. The minimum Gasteiger partial charge on any atom is -0.458 e. The maximum absolute atomic E-state index is 14.5. The number of β-lactam (4-membered cyclic amide) rings is 1. The van der Waals surface area contributed by atoms with Gasteiger partial charge < -0.3 is 24.9 Å². The largest absolute Gasteiger partial charge is 0.458 e. The topological polar surface area (TPSA) is 149 Å². The second kappa shape index (κ2) is 19.4. The predicted octanol–water partition coefficient (Wildman–Crippen LogP) is 8.06. The molecule has 1 fully saturated rings. The summed E-state index contributed by atoms with van der Waals surface area (Å²) < 4.78 is 11.4. The van der Waals surface area contributed by atoms with Gasteiger partial charge >= 0.3 is 11.9 Å². The molecule has 4 heterocycles.